The van der Waals surface area contributed by atoms with E-state index in [1.165, 1.54) is 11.1 Å². The van der Waals surface area contributed by atoms with Gasteiger partial charge in [-0.05, 0) is 36.6 Å². The summed E-state index contributed by atoms with van der Waals surface area (Å²) in [5.41, 5.74) is 2.52. The molecule has 0 saturated carbocycles. The van der Waals surface area contributed by atoms with Crippen LogP contribution in [0.5, 0.6) is 5.75 Å². The first-order valence-corrected chi connectivity index (χ1v) is 7.44. The highest BCUT2D eigenvalue weighted by Crippen LogP contribution is 2.18. The summed E-state index contributed by atoms with van der Waals surface area (Å²) in [7, 11) is 1.73. The largest absolute Gasteiger partial charge is 0.496 e. The Morgan fingerprint density at radius 1 is 1.00 bits per heavy atom. The molecule has 0 aliphatic carbocycles. The van der Waals surface area contributed by atoms with E-state index in [-0.39, 0.29) is 0 Å². The van der Waals surface area contributed by atoms with E-state index < -0.39 is 0 Å². The second-order valence-electron chi connectivity index (χ2n) is 4.93. The predicted octanol–water partition coefficient (Wildman–Crippen LogP) is 3.93. The van der Waals surface area contributed by atoms with Gasteiger partial charge in [0.25, 0.3) is 0 Å². The zero-order valence-electron chi connectivity index (χ0n) is 12.6. The van der Waals surface area contributed by atoms with E-state index >= 15 is 0 Å². The summed E-state index contributed by atoms with van der Waals surface area (Å²) in [5, 5.41) is 3.44. The predicted molar refractivity (Wildman–Crippen MR) is 89.7 cm³/mol. The SMILES string of the molecule is COc1ccccc1CCCNCC=Cc1ccccc1. The lowest BCUT2D eigenvalue weighted by Crippen LogP contribution is -2.15. The average molecular weight is 281 g/mol. The Bertz CT molecular complexity index is 549. The van der Waals surface area contributed by atoms with Gasteiger partial charge in [0.05, 0.1) is 7.11 Å². The molecule has 1 N–H and O–H groups in total. The lowest BCUT2D eigenvalue weighted by Gasteiger charge is -2.07. The van der Waals surface area contributed by atoms with Gasteiger partial charge < -0.3 is 10.1 Å². The number of para-hydroxylation sites is 1. The van der Waals surface area contributed by atoms with Crippen molar-refractivity contribution in [2.75, 3.05) is 20.2 Å². The molecule has 0 atom stereocenters. The number of ether oxygens (including phenoxy) is 1. The van der Waals surface area contributed by atoms with Crippen molar-refractivity contribution < 1.29 is 4.74 Å². The monoisotopic (exact) mass is 281 g/mol. The van der Waals surface area contributed by atoms with Crippen molar-refractivity contribution >= 4 is 6.08 Å². The number of hydrogen-bond donors (Lipinski definition) is 1. The summed E-state index contributed by atoms with van der Waals surface area (Å²) in [6.07, 6.45) is 6.46. The van der Waals surface area contributed by atoms with E-state index in [0.29, 0.717) is 0 Å². The van der Waals surface area contributed by atoms with Crippen LogP contribution in [0.1, 0.15) is 17.5 Å². The van der Waals surface area contributed by atoms with Crippen molar-refractivity contribution in [1.82, 2.24) is 5.32 Å². The van der Waals surface area contributed by atoms with Gasteiger partial charge in [0.15, 0.2) is 0 Å². The molecule has 2 rings (SSSR count). The van der Waals surface area contributed by atoms with E-state index in [1.54, 1.807) is 7.11 Å². The minimum Gasteiger partial charge on any atom is -0.496 e. The molecule has 0 spiro atoms. The van der Waals surface area contributed by atoms with E-state index in [1.807, 2.05) is 18.2 Å². The van der Waals surface area contributed by atoms with Crippen LogP contribution in [-0.2, 0) is 6.42 Å². The molecule has 0 saturated heterocycles. The molecule has 2 aromatic carbocycles. The molecule has 0 heterocycles. The van der Waals surface area contributed by atoms with Gasteiger partial charge in [-0.3, -0.25) is 0 Å². The molecular formula is C19H23NO. The molecule has 0 amide bonds. The molecule has 0 aliphatic rings. The standard InChI is InChI=1S/C19H23NO/c1-21-19-14-6-5-12-18(19)13-8-16-20-15-7-11-17-9-3-2-4-10-17/h2-7,9-12,14,20H,8,13,15-16H2,1H3. The zero-order valence-corrected chi connectivity index (χ0v) is 12.6. The zero-order chi connectivity index (χ0) is 14.8. The first kappa shape index (κ1) is 15.3. The first-order chi connectivity index (χ1) is 10.4. The summed E-state index contributed by atoms with van der Waals surface area (Å²) in [5.74, 6) is 0.987. The van der Waals surface area contributed by atoms with Gasteiger partial charge in [0, 0.05) is 6.54 Å². The highest BCUT2D eigenvalue weighted by Gasteiger charge is 2.00. The minimum absolute atomic E-state index is 0.904. The van der Waals surface area contributed by atoms with Gasteiger partial charge in [0.2, 0.25) is 0 Å². The van der Waals surface area contributed by atoms with Crippen LogP contribution >= 0.6 is 0 Å². The molecule has 0 fully saturated rings. The third kappa shape index (κ3) is 5.44. The summed E-state index contributed by atoms with van der Waals surface area (Å²) in [6, 6.07) is 18.6. The average Bonchev–Trinajstić information content (AvgIpc) is 2.55. The van der Waals surface area contributed by atoms with E-state index in [0.717, 1.165) is 31.7 Å². The molecule has 0 radical (unpaired) electrons. The maximum Gasteiger partial charge on any atom is 0.122 e. The fourth-order valence-corrected chi connectivity index (χ4v) is 2.26. The lowest BCUT2D eigenvalue weighted by atomic mass is 10.1. The fourth-order valence-electron chi connectivity index (χ4n) is 2.26. The number of benzene rings is 2. The van der Waals surface area contributed by atoms with Crippen LogP contribution in [0.4, 0.5) is 0 Å². The molecule has 110 valence electrons. The molecule has 0 aliphatic heterocycles. The third-order valence-electron chi connectivity index (χ3n) is 3.36. The van der Waals surface area contributed by atoms with Crippen molar-refractivity contribution in [3.63, 3.8) is 0 Å². The summed E-state index contributed by atoms with van der Waals surface area (Å²) in [4.78, 5) is 0. The van der Waals surface area contributed by atoms with Crippen molar-refractivity contribution in [1.29, 1.82) is 0 Å². The van der Waals surface area contributed by atoms with Gasteiger partial charge in [-0.2, -0.15) is 0 Å². The van der Waals surface area contributed by atoms with Crippen LogP contribution in [0.25, 0.3) is 6.08 Å². The van der Waals surface area contributed by atoms with Crippen LogP contribution in [0.3, 0.4) is 0 Å². The Morgan fingerprint density at radius 3 is 2.57 bits per heavy atom. The Labute approximate surface area is 127 Å². The Kier molecular flexibility index (Phi) is 6.56. The van der Waals surface area contributed by atoms with E-state index in [4.69, 9.17) is 4.74 Å². The van der Waals surface area contributed by atoms with Gasteiger partial charge in [-0.15, -0.1) is 0 Å². The van der Waals surface area contributed by atoms with Crippen LogP contribution in [0.2, 0.25) is 0 Å². The molecule has 0 unspecified atom stereocenters. The molecule has 2 heteroatoms. The lowest BCUT2D eigenvalue weighted by molar-refractivity contribution is 0.409. The normalized spacial score (nSPS) is 10.9. The third-order valence-corrected chi connectivity index (χ3v) is 3.36. The van der Waals surface area contributed by atoms with Crippen LogP contribution in [0.15, 0.2) is 60.7 Å². The topological polar surface area (TPSA) is 21.3 Å². The quantitative estimate of drug-likeness (QED) is 0.740. The summed E-state index contributed by atoms with van der Waals surface area (Å²) in [6.45, 7) is 1.91. The van der Waals surface area contributed by atoms with Crippen molar-refractivity contribution in [2.45, 2.75) is 12.8 Å². The molecule has 0 aromatic heterocycles. The Hall–Kier alpha value is -2.06. The highest BCUT2D eigenvalue weighted by atomic mass is 16.5. The van der Waals surface area contributed by atoms with Crippen molar-refractivity contribution in [3.8, 4) is 5.75 Å². The van der Waals surface area contributed by atoms with Crippen molar-refractivity contribution in [3.05, 3.63) is 71.8 Å². The smallest absolute Gasteiger partial charge is 0.122 e. The van der Waals surface area contributed by atoms with Crippen molar-refractivity contribution in [2.24, 2.45) is 0 Å². The number of methoxy groups -OCH3 is 1. The van der Waals surface area contributed by atoms with Gasteiger partial charge in [-0.25, -0.2) is 0 Å². The first-order valence-electron chi connectivity index (χ1n) is 7.44. The fraction of sp³-hybridized carbons (Fsp3) is 0.263. The maximum atomic E-state index is 5.36. The molecular weight excluding hydrogens is 258 g/mol. The van der Waals surface area contributed by atoms with Gasteiger partial charge in [-0.1, -0.05) is 60.7 Å². The maximum absolute atomic E-state index is 5.36. The number of nitrogens with one attached hydrogen (secondary N) is 1. The minimum atomic E-state index is 0.904. The number of aryl methyl sites for hydroxylation is 1. The molecule has 2 aromatic rings. The van der Waals surface area contributed by atoms with Gasteiger partial charge in [0.1, 0.15) is 5.75 Å². The second-order valence-corrected chi connectivity index (χ2v) is 4.93. The van der Waals surface area contributed by atoms with E-state index in [2.05, 4.69) is 53.9 Å². The van der Waals surface area contributed by atoms with Crippen LogP contribution in [0, 0.1) is 0 Å². The van der Waals surface area contributed by atoms with Crippen LogP contribution < -0.4 is 10.1 Å². The number of rotatable bonds is 8. The van der Waals surface area contributed by atoms with E-state index in [9.17, 15) is 0 Å². The molecule has 0 bridgehead atoms. The van der Waals surface area contributed by atoms with Crippen LogP contribution in [-0.4, -0.2) is 20.2 Å². The summed E-state index contributed by atoms with van der Waals surface area (Å²) >= 11 is 0. The highest BCUT2D eigenvalue weighted by molar-refractivity contribution is 5.48. The van der Waals surface area contributed by atoms with Gasteiger partial charge >= 0.3 is 0 Å². The molecule has 2 nitrogen and oxygen atoms in total. The molecule has 21 heavy (non-hydrogen) atoms. The summed E-state index contributed by atoms with van der Waals surface area (Å²) < 4.78 is 5.36. The second kappa shape index (κ2) is 8.98. The Balaban J connectivity index is 1.63. The number of hydrogen-bond acceptors (Lipinski definition) is 2. The Morgan fingerprint density at radius 2 is 1.76 bits per heavy atom.